The van der Waals surface area contributed by atoms with Crippen molar-refractivity contribution in [2.24, 2.45) is 11.1 Å². The van der Waals surface area contributed by atoms with Gasteiger partial charge in [-0.1, -0.05) is 22.0 Å². The maximum absolute atomic E-state index is 11.8. The summed E-state index contributed by atoms with van der Waals surface area (Å²) in [6.07, 6.45) is 0. The second-order valence-electron chi connectivity index (χ2n) is 4.82. The maximum atomic E-state index is 11.8. The lowest BCUT2D eigenvalue weighted by molar-refractivity contribution is -0.152. The van der Waals surface area contributed by atoms with Gasteiger partial charge in [0.15, 0.2) is 0 Å². The highest BCUT2D eigenvalue weighted by molar-refractivity contribution is 9.10. The average molecular weight is 316 g/mol. The fourth-order valence-electron chi connectivity index (χ4n) is 1.74. The molecule has 100 valence electrons. The molecule has 0 heterocycles. The Bertz CT molecular complexity index is 472. The molecule has 5 heteroatoms. The van der Waals surface area contributed by atoms with Crippen molar-refractivity contribution in [1.29, 1.82) is 0 Å². The lowest BCUT2D eigenvalue weighted by Gasteiger charge is -2.30. The molecule has 0 amide bonds. The minimum absolute atomic E-state index is 0.105. The molecular formula is C13H18BrNO3. The summed E-state index contributed by atoms with van der Waals surface area (Å²) in [5.41, 5.74) is 6.43. The third kappa shape index (κ3) is 2.52. The van der Waals surface area contributed by atoms with E-state index in [9.17, 15) is 9.90 Å². The number of methoxy groups -OCH3 is 1. The zero-order chi connectivity index (χ0) is 14.1. The van der Waals surface area contributed by atoms with Crippen molar-refractivity contribution < 1.29 is 14.6 Å². The molecule has 0 bridgehead atoms. The van der Waals surface area contributed by atoms with Crippen molar-refractivity contribution in [2.45, 2.75) is 26.8 Å². The van der Waals surface area contributed by atoms with Crippen molar-refractivity contribution in [3.8, 4) is 5.75 Å². The first-order valence-electron chi connectivity index (χ1n) is 5.55. The van der Waals surface area contributed by atoms with Gasteiger partial charge < -0.3 is 15.6 Å². The molecule has 0 saturated carbocycles. The third-order valence-electron chi connectivity index (χ3n) is 3.17. The van der Waals surface area contributed by atoms with Gasteiger partial charge in [-0.05, 0) is 32.4 Å². The lowest BCUT2D eigenvalue weighted by atomic mass is 9.80. The molecule has 0 saturated heterocycles. The van der Waals surface area contributed by atoms with Gasteiger partial charge in [0.25, 0.3) is 0 Å². The molecule has 0 aliphatic heterocycles. The number of carbonyl (C=O) groups is 1. The molecule has 0 aromatic heterocycles. The molecular weight excluding hydrogens is 298 g/mol. The van der Waals surface area contributed by atoms with E-state index in [0.717, 1.165) is 0 Å². The van der Waals surface area contributed by atoms with Gasteiger partial charge in [-0.2, -0.15) is 0 Å². The number of aromatic hydroxyl groups is 1. The van der Waals surface area contributed by atoms with Gasteiger partial charge in [0.1, 0.15) is 5.75 Å². The Kier molecular flexibility index (Phi) is 4.40. The largest absolute Gasteiger partial charge is 0.507 e. The third-order valence-corrected chi connectivity index (χ3v) is 3.86. The average Bonchev–Trinajstić information content (AvgIpc) is 2.33. The summed E-state index contributed by atoms with van der Waals surface area (Å²) in [7, 11) is 1.32. The zero-order valence-corrected chi connectivity index (χ0v) is 12.5. The summed E-state index contributed by atoms with van der Waals surface area (Å²) in [4.78, 5) is 11.8. The lowest BCUT2D eigenvalue weighted by Crippen LogP contribution is -2.37. The summed E-state index contributed by atoms with van der Waals surface area (Å²) in [5, 5.41) is 10.1. The maximum Gasteiger partial charge on any atom is 0.313 e. The summed E-state index contributed by atoms with van der Waals surface area (Å²) in [6.45, 7) is 5.17. The van der Waals surface area contributed by atoms with Crippen LogP contribution in [0.4, 0.5) is 0 Å². The number of halogens is 1. The van der Waals surface area contributed by atoms with Gasteiger partial charge in [0.2, 0.25) is 0 Å². The van der Waals surface area contributed by atoms with Crippen molar-refractivity contribution in [3.05, 3.63) is 27.7 Å². The number of rotatable bonds is 3. The van der Waals surface area contributed by atoms with Gasteiger partial charge in [0.05, 0.1) is 18.6 Å². The molecule has 0 unspecified atom stereocenters. The predicted octanol–water partition coefficient (Wildman–Crippen LogP) is 2.66. The molecule has 1 aromatic rings. The van der Waals surface area contributed by atoms with Crippen molar-refractivity contribution in [3.63, 3.8) is 0 Å². The van der Waals surface area contributed by atoms with E-state index in [4.69, 9.17) is 10.5 Å². The number of ether oxygens (including phenoxy) is 1. The van der Waals surface area contributed by atoms with E-state index in [2.05, 4.69) is 15.9 Å². The summed E-state index contributed by atoms with van der Waals surface area (Å²) >= 11 is 3.35. The molecule has 0 aliphatic carbocycles. The smallest absolute Gasteiger partial charge is 0.313 e. The molecule has 0 spiro atoms. The van der Waals surface area contributed by atoms with E-state index in [1.165, 1.54) is 7.11 Å². The number of esters is 1. The predicted molar refractivity (Wildman–Crippen MR) is 73.3 cm³/mol. The van der Waals surface area contributed by atoms with Gasteiger partial charge in [0, 0.05) is 10.0 Å². The van der Waals surface area contributed by atoms with Gasteiger partial charge in [-0.15, -0.1) is 0 Å². The number of aryl methyl sites for hydroxylation is 1. The van der Waals surface area contributed by atoms with Crippen LogP contribution in [0.5, 0.6) is 5.75 Å². The first kappa shape index (κ1) is 15.0. The molecule has 3 N–H and O–H groups in total. The van der Waals surface area contributed by atoms with E-state index < -0.39 is 17.4 Å². The fraction of sp³-hybridized carbons (Fsp3) is 0.462. The Hall–Kier alpha value is -1.07. The van der Waals surface area contributed by atoms with E-state index in [1.54, 1.807) is 32.9 Å². The highest BCUT2D eigenvalue weighted by Crippen LogP contribution is 2.41. The van der Waals surface area contributed by atoms with Crippen LogP contribution < -0.4 is 5.73 Å². The van der Waals surface area contributed by atoms with Crippen LogP contribution in [-0.4, -0.2) is 18.2 Å². The number of benzene rings is 1. The van der Waals surface area contributed by atoms with E-state index in [-0.39, 0.29) is 5.75 Å². The highest BCUT2D eigenvalue weighted by atomic mass is 79.9. The Morgan fingerprint density at radius 3 is 2.56 bits per heavy atom. The molecule has 0 fully saturated rings. The SMILES string of the molecule is COC(=O)C(C)(C)[C@@H](N)c1c(Br)ccc(C)c1O. The molecule has 1 rings (SSSR count). The summed E-state index contributed by atoms with van der Waals surface area (Å²) in [6, 6.07) is 2.91. The quantitative estimate of drug-likeness (QED) is 0.841. The fourth-order valence-corrected chi connectivity index (χ4v) is 2.31. The summed E-state index contributed by atoms with van der Waals surface area (Å²) < 4.78 is 5.43. The van der Waals surface area contributed by atoms with E-state index >= 15 is 0 Å². The number of phenolic OH excluding ortho intramolecular Hbond substituents is 1. The molecule has 0 radical (unpaired) electrons. The van der Waals surface area contributed by atoms with Crippen molar-refractivity contribution in [1.82, 2.24) is 0 Å². The second-order valence-corrected chi connectivity index (χ2v) is 5.67. The van der Waals surface area contributed by atoms with Gasteiger partial charge in [-0.3, -0.25) is 4.79 Å². The van der Waals surface area contributed by atoms with E-state index in [1.807, 2.05) is 0 Å². The van der Waals surface area contributed by atoms with Crippen LogP contribution in [0.15, 0.2) is 16.6 Å². The molecule has 4 nitrogen and oxygen atoms in total. The number of hydrogen-bond acceptors (Lipinski definition) is 4. The van der Waals surface area contributed by atoms with Crippen LogP contribution in [0.25, 0.3) is 0 Å². The van der Waals surface area contributed by atoms with Gasteiger partial charge in [-0.25, -0.2) is 0 Å². The first-order chi connectivity index (χ1) is 8.23. The summed E-state index contributed by atoms with van der Waals surface area (Å²) in [5.74, 6) is -0.309. The number of nitrogens with two attached hydrogens (primary N) is 1. The van der Waals surface area contributed by atoms with E-state index in [0.29, 0.717) is 15.6 Å². The normalized spacial score (nSPS) is 13.2. The van der Waals surface area contributed by atoms with Crippen molar-refractivity contribution in [2.75, 3.05) is 7.11 Å². The Morgan fingerprint density at radius 1 is 1.50 bits per heavy atom. The van der Waals surface area contributed by atoms with Crippen LogP contribution in [0.3, 0.4) is 0 Å². The van der Waals surface area contributed by atoms with Crippen molar-refractivity contribution >= 4 is 21.9 Å². The van der Waals surface area contributed by atoms with Crippen LogP contribution in [0, 0.1) is 12.3 Å². The van der Waals surface area contributed by atoms with Gasteiger partial charge >= 0.3 is 5.97 Å². The minimum atomic E-state index is -0.928. The number of hydrogen-bond donors (Lipinski definition) is 2. The number of phenols is 1. The molecule has 0 aliphatic rings. The molecule has 1 aromatic carbocycles. The second kappa shape index (κ2) is 5.28. The van der Waals surface area contributed by atoms with Crippen LogP contribution >= 0.6 is 15.9 Å². The zero-order valence-electron chi connectivity index (χ0n) is 11.0. The number of carbonyl (C=O) groups excluding carboxylic acids is 1. The van der Waals surface area contributed by atoms with Crippen LogP contribution in [0.1, 0.15) is 31.0 Å². The monoisotopic (exact) mass is 315 g/mol. The van der Waals surface area contributed by atoms with Crippen LogP contribution in [-0.2, 0) is 9.53 Å². The standard InChI is InChI=1S/C13H18BrNO3/c1-7-5-6-8(14)9(10(7)16)11(15)13(2,3)12(17)18-4/h5-6,11,16H,15H2,1-4H3/t11-/m0/s1. The van der Waals surface area contributed by atoms with Crippen LogP contribution in [0.2, 0.25) is 0 Å². The molecule has 1 atom stereocenters. The minimum Gasteiger partial charge on any atom is -0.507 e. The Labute approximate surface area is 115 Å². The Balaban J connectivity index is 3.31. The Morgan fingerprint density at radius 2 is 2.06 bits per heavy atom. The topological polar surface area (TPSA) is 72.5 Å². The molecule has 18 heavy (non-hydrogen) atoms. The highest BCUT2D eigenvalue weighted by Gasteiger charge is 2.38. The first-order valence-corrected chi connectivity index (χ1v) is 6.34.